The van der Waals surface area contributed by atoms with Crippen LogP contribution < -0.4 is 15.9 Å². The van der Waals surface area contributed by atoms with E-state index in [-0.39, 0.29) is 13.3 Å². The van der Waals surface area contributed by atoms with Gasteiger partial charge in [-0.1, -0.05) is 102 Å². The van der Waals surface area contributed by atoms with Gasteiger partial charge in [0.25, 0.3) is 0 Å². The molecule has 0 saturated carbocycles. The average Bonchev–Trinajstić information content (AvgIpc) is 2.87. The molecule has 35 heavy (non-hydrogen) atoms. The summed E-state index contributed by atoms with van der Waals surface area (Å²) in [6.45, 7) is 10.3. The van der Waals surface area contributed by atoms with Crippen LogP contribution in [0.5, 0.6) is 0 Å². The fourth-order valence-electron chi connectivity index (χ4n) is 5.36. The maximum Gasteiger partial charge on any atom is 0.0458 e. The van der Waals surface area contributed by atoms with Crippen molar-refractivity contribution in [2.75, 3.05) is 23.8 Å². The molecule has 0 aliphatic carbocycles. The number of anilines is 3. The Morgan fingerprint density at radius 3 is 2.29 bits per heavy atom. The average molecular weight is 479 g/mol. The highest BCUT2D eigenvalue weighted by Crippen LogP contribution is 2.50. The SMILES string of the molecule is CC(/C=C\CCN1c2ccccc2C(C)(C)c2cc3ccccc3cc21)P(C)c1ccccc1N. The summed E-state index contributed by atoms with van der Waals surface area (Å²) >= 11 is 0. The normalized spacial score (nSPS) is 16.2. The molecule has 2 N–H and O–H groups in total. The summed E-state index contributed by atoms with van der Waals surface area (Å²) < 4.78 is 0. The van der Waals surface area contributed by atoms with Crippen LogP contribution in [0.4, 0.5) is 17.1 Å². The zero-order valence-corrected chi connectivity index (χ0v) is 22.1. The Labute approximate surface area is 211 Å². The summed E-state index contributed by atoms with van der Waals surface area (Å²) in [5, 5.41) is 3.91. The first-order valence-corrected chi connectivity index (χ1v) is 14.4. The molecule has 0 radical (unpaired) electrons. The van der Waals surface area contributed by atoms with Gasteiger partial charge in [0.2, 0.25) is 0 Å². The molecule has 2 unspecified atom stereocenters. The van der Waals surface area contributed by atoms with Crippen molar-refractivity contribution in [3.63, 3.8) is 0 Å². The van der Waals surface area contributed by atoms with Gasteiger partial charge in [0.05, 0.1) is 0 Å². The first kappa shape index (κ1) is 23.6. The fourth-order valence-corrected chi connectivity index (χ4v) is 6.98. The van der Waals surface area contributed by atoms with Crippen LogP contribution in [0.2, 0.25) is 0 Å². The molecule has 3 heteroatoms. The van der Waals surface area contributed by atoms with Crippen molar-refractivity contribution in [3.05, 3.63) is 108 Å². The van der Waals surface area contributed by atoms with Crippen LogP contribution in [0.3, 0.4) is 0 Å². The summed E-state index contributed by atoms with van der Waals surface area (Å²) in [5.41, 5.74) is 13.1. The third-order valence-corrected chi connectivity index (χ3v) is 10.1. The highest BCUT2D eigenvalue weighted by Gasteiger charge is 2.36. The van der Waals surface area contributed by atoms with E-state index in [0.717, 1.165) is 18.7 Å². The molecule has 0 amide bonds. The molecule has 2 nitrogen and oxygen atoms in total. The molecule has 4 aromatic rings. The number of para-hydroxylation sites is 2. The van der Waals surface area contributed by atoms with E-state index in [1.807, 2.05) is 12.1 Å². The van der Waals surface area contributed by atoms with Crippen molar-refractivity contribution < 1.29 is 0 Å². The highest BCUT2D eigenvalue weighted by molar-refractivity contribution is 7.66. The van der Waals surface area contributed by atoms with Crippen LogP contribution in [-0.4, -0.2) is 18.9 Å². The van der Waals surface area contributed by atoms with Crippen LogP contribution in [0.15, 0.2) is 97.1 Å². The van der Waals surface area contributed by atoms with Gasteiger partial charge in [-0.2, -0.15) is 0 Å². The quantitative estimate of drug-likeness (QED) is 0.173. The molecule has 0 spiro atoms. The van der Waals surface area contributed by atoms with E-state index in [1.54, 1.807) is 0 Å². The van der Waals surface area contributed by atoms with Gasteiger partial charge >= 0.3 is 0 Å². The van der Waals surface area contributed by atoms with Gasteiger partial charge in [0.15, 0.2) is 0 Å². The van der Waals surface area contributed by atoms with Crippen molar-refractivity contribution in [1.82, 2.24) is 0 Å². The second-order valence-electron chi connectivity index (χ2n) is 10.1. The molecule has 0 aromatic heterocycles. The van der Waals surface area contributed by atoms with Crippen molar-refractivity contribution in [3.8, 4) is 0 Å². The molecule has 1 aliphatic heterocycles. The first-order chi connectivity index (χ1) is 16.9. The van der Waals surface area contributed by atoms with E-state index in [1.165, 1.54) is 38.6 Å². The number of allylic oxidation sites excluding steroid dienone is 1. The maximum absolute atomic E-state index is 6.25. The van der Waals surface area contributed by atoms with Crippen LogP contribution in [0.25, 0.3) is 10.8 Å². The monoisotopic (exact) mass is 478 g/mol. The minimum absolute atomic E-state index is 0.0372. The number of hydrogen-bond acceptors (Lipinski definition) is 2. The largest absolute Gasteiger partial charge is 0.398 e. The summed E-state index contributed by atoms with van der Waals surface area (Å²) in [5.74, 6) is 0. The highest BCUT2D eigenvalue weighted by atomic mass is 31.1. The van der Waals surface area contributed by atoms with Gasteiger partial charge < -0.3 is 10.6 Å². The fraction of sp³-hybridized carbons (Fsp3) is 0.250. The van der Waals surface area contributed by atoms with E-state index in [4.69, 9.17) is 5.73 Å². The molecule has 0 fully saturated rings. The Balaban J connectivity index is 1.42. The van der Waals surface area contributed by atoms with Crippen LogP contribution >= 0.6 is 7.92 Å². The van der Waals surface area contributed by atoms with Crippen LogP contribution in [0, 0.1) is 0 Å². The minimum atomic E-state index is -0.331. The Hall–Kier alpha value is -3.09. The van der Waals surface area contributed by atoms with E-state index in [2.05, 4.69) is 117 Å². The lowest BCUT2D eigenvalue weighted by molar-refractivity contribution is 0.625. The van der Waals surface area contributed by atoms with Gasteiger partial charge in [-0.15, -0.1) is 0 Å². The van der Waals surface area contributed by atoms with Gasteiger partial charge in [-0.05, 0) is 70.2 Å². The lowest BCUT2D eigenvalue weighted by Gasteiger charge is -2.42. The number of fused-ring (bicyclic) bond motifs is 3. The molecule has 0 bridgehead atoms. The molecule has 2 atom stereocenters. The van der Waals surface area contributed by atoms with Crippen molar-refractivity contribution >= 4 is 41.1 Å². The van der Waals surface area contributed by atoms with Gasteiger partial charge in [-0.3, -0.25) is 0 Å². The third-order valence-electron chi connectivity index (χ3n) is 7.56. The second-order valence-corrected chi connectivity index (χ2v) is 12.7. The Morgan fingerprint density at radius 1 is 0.857 bits per heavy atom. The standard InChI is InChI=1S/C32H35N2P/c1-23(35(4)31-19-10-8-17-28(31)33)13-11-12-20-34-29-18-9-7-16-26(29)32(2,3)27-21-24-14-5-6-15-25(24)22-30(27)34/h5-11,13-19,21-23H,12,20,33H2,1-4H3/b13-11-. The molecule has 0 saturated heterocycles. The second kappa shape index (κ2) is 9.51. The molecular formula is C32H35N2P. The molecule has 1 heterocycles. The zero-order chi connectivity index (χ0) is 24.6. The summed E-state index contributed by atoms with van der Waals surface area (Å²) in [6.07, 6.45) is 5.75. The zero-order valence-electron chi connectivity index (χ0n) is 21.2. The van der Waals surface area contributed by atoms with Gasteiger partial charge in [0.1, 0.15) is 0 Å². The Morgan fingerprint density at radius 2 is 1.51 bits per heavy atom. The topological polar surface area (TPSA) is 29.3 Å². The van der Waals surface area contributed by atoms with E-state index in [9.17, 15) is 0 Å². The van der Waals surface area contributed by atoms with E-state index in [0.29, 0.717) is 5.66 Å². The van der Waals surface area contributed by atoms with Gasteiger partial charge in [0, 0.05) is 29.0 Å². The predicted octanol–water partition coefficient (Wildman–Crippen LogP) is 7.97. The predicted molar refractivity (Wildman–Crippen MR) is 156 cm³/mol. The van der Waals surface area contributed by atoms with Crippen molar-refractivity contribution in [2.24, 2.45) is 0 Å². The summed E-state index contributed by atoms with van der Waals surface area (Å²) in [4.78, 5) is 2.53. The summed E-state index contributed by atoms with van der Waals surface area (Å²) in [7, 11) is -0.331. The first-order valence-electron chi connectivity index (χ1n) is 12.5. The lowest BCUT2D eigenvalue weighted by Crippen LogP contribution is -2.33. The summed E-state index contributed by atoms with van der Waals surface area (Å²) in [6, 6.07) is 30.7. The molecule has 178 valence electrons. The molecule has 1 aliphatic rings. The van der Waals surface area contributed by atoms with Gasteiger partial charge in [-0.25, -0.2) is 0 Å². The number of nitrogens with zero attached hydrogens (tertiary/aromatic N) is 1. The Bertz CT molecular complexity index is 1390. The minimum Gasteiger partial charge on any atom is -0.398 e. The third kappa shape index (κ3) is 4.37. The number of nitrogen functional groups attached to an aromatic ring is 1. The molecule has 4 aromatic carbocycles. The maximum atomic E-state index is 6.25. The van der Waals surface area contributed by atoms with Crippen molar-refractivity contribution in [2.45, 2.75) is 38.3 Å². The molecule has 5 rings (SSSR count). The number of rotatable bonds is 6. The Kier molecular flexibility index (Phi) is 6.43. The van der Waals surface area contributed by atoms with Crippen molar-refractivity contribution in [1.29, 1.82) is 0 Å². The van der Waals surface area contributed by atoms with Crippen LogP contribution in [-0.2, 0) is 5.41 Å². The molecular weight excluding hydrogens is 443 g/mol. The number of hydrogen-bond donors (Lipinski definition) is 1. The smallest absolute Gasteiger partial charge is 0.0458 e. The number of nitrogens with two attached hydrogens (primary N) is 1. The number of benzene rings is 4. The van der Waals surface area contributed by atoms with E-state index >= 15 is 0 Å². The van der Waals surface area contributed by atoms with E-state index < -0.39 is 0 Å². The lowest BCUT2D eigenvalue weighted by atomic mass is 9.73. The van der Waals surface area contributed by atoms with Crippen LogP contribution in [0.1, 0.15) is 38.3 Å².